The fourth-order valence-electron chi connectivity index (χ4n) is 7.22. The van der Waals surface area contributed by atoms with Crippen molar-refractivity contribution >= 4 is 36.5 Å². The quantitative estimate of drug-likeness (QED) is 0.0422. The Balaban J connectivity index is 0.000000315. The molecule has 2 nitrogen and oxygen atoms in total. The van der Waals surface area contributed by atoms with Gasteiger partial charge in [0.1, 0.15) is 5.75 Å². The molecule has 314 valence electrons. The molecule has 0 amide bonds. The van der Waals surface area contributed by atoms with Crippen molar-refractivity contribution < 1.29 is 9.84 Å². The summed E-state index contributed by atoms with van der Waals surface area (Å²) in [4.78, 5) is 0. The second kappa shape index (κ2) is 33.8. The van der Waals surface area contributed by atoms with Crippen molar-refractivity contribution in [3.05, 3.63) is 137 Å². The van der Waals surface area contributed by atoms with Gasteiger partial charge in [-0.3, -0.25) is 0 Å². The molecule has 4 rings (SSSR count). The van der Waals surface area contributed by atoms with Gasteiger partial charge in [0.25, 0.3) is 0 Å². The smallest absolute Gasteiger partial charge is 0.123 e. The van der Waals surface area contributed by atoms with Gasteiger partial charge in [0, 0.05) is 18.8 Å². The van der Waals surface area contributed by atoms with E-state index in [9.17, 15) is 5.11 Å². The van der Waals surface area contributed by atoms with Crippen LogP contribution in [0.3, 0.4) is 0 Å². The van der Waals surface area contributed by atoms with E-state index in [1.54, 1.807) is 6.07 Å². The number of ether oxygens (including phenoxy) is 1. The van der Waals surface area contributed by atoms with Gasteiger partial charge in [-0.2, -0.15) is 0 Å². The monoisotopic (exact) mass is 783 g/mol. The third kappa shape index (κ3) is 23.3. The first-order valence-corrected chi connectivity index (χ1v) is 23.3. The van der Waals surface area contributed by atoms with Crippen molar-refractivity contribution in [1.82, 2.24) is 0 Å². The van der Waals surface area contributed by atoms with E-state index in [0.717, 1.165) is 46.6 Å². The second-order valence-electron chi connectivity index (χ2n) is 15.9. The standard InChI is InChI=1S/C30H24O.C26H54O/c31-30-23-20-27(19-16-24-10-4-1-5-11-24)28(21-17-25-12-6-2-7-13-25)29(30)22-18-26-14-8-3-9-15-26;1-3-5-7-9-11-13-15-17-19-21-23-25-27-26-24-22-20-18-16-14-12-10-8-6-4-2/h1-23,31H;3-26H2,1-2H3. The summed E-state index contributed by atoms with van der Waals surface area (Å²) in [6.07, 6.45) is 43.5. The number of hydrogen-bond acceptors (Lipinski definition) is 2. The lowest BCUT2D eigenvalue weighted by Gasteiger charge is -2.09. The van der Waals surface area contributed by atoms with E-state index < -0.39 is 0 Å². The molecule has 0 bridgehead atoms. The zero-order chi connectivity index (χ0) is 41.0. The Kier molecular flexibility index (Phi) is 28.1. The second-order valence-corrected chi connectivity index (χ2v) is 15.9. The molecule has 0 aliphatic rings. The third-order valence-electron chi connectivity index (χ3n) is 10.8. The summed E-state index contributed by atoms with van der Waals surface area (Å²) in [5.41, 5.74) is 6.15. The summed E-state index contributed by atoms with van der Waals surface area (Å²) in [7, 11) is 0. The maximum absolute atomic E-state index is 10.7. The highest BCUT2D eigenvalue weighted by molar-refractivity contribution is 5.87. The number of hydrogen-bond donors (Lipinski definition) is 1. The minimum Gasteiger partial charge on any atom is -0.507 e. The van der Waals surface area contributed by atoms with Crippen molar-refractivity contribution in [2.24, 2.45) is 0 Å². The van der Waals surface area contributed by atoms with Crippen LogP contribution in [0, 0.1) is 0 Å². The van der Waals surface area contributed by atoms with Crippen LogP contribution in [0.2, 0.25) is 0 Å². The number of phenolic OH excluding ortho intramolecular Hbond substituents is 1. The molecule has 0 heterocycles. The van der Waals surface area contributed by atoms with E-state index in [2.05, 4.69) is 62.4 Å². The lowest BCUT2D eigenvalue weighted by Crippen LogP contribution is -1.97. The maximum atomic E-state index is 10.7. The molecule has 0 spiro atoms. The molecular weight excluding hydrogens is 705 g/mol. The Morgan fingerprint density at radius 1 is 0.345 bits per heavy atom. The zero-order valence-electron chi connectivity index (χ0n) is 36.6. The molecule has 0 aliphatic carbocycles. The van der Waals surface area contributed by atoms with Gasteiger partial charge in [0.2, 0.25) is 0 Å². The Bertz CT molecular complexity index is 1600. The molecule has 0 fully saturated rings. The van der Waals surface area contributed by atoms with Gasteiger partial charge in [-0.05, 0) is 46.7 Å². The minimum absolute atomic E-state index is 0.261. The number of phenols is 1. The van der Waals surface area contributed by atoms with E-state index in [1.165, 1.54) is 141 Å². The Morgan fingerprint density at radius 2 is 0.672 bits per heavy atom. The molecule has 2 heteroatoms. The average Bonchev–Trinajstić information content (AvgIpc) is 3.26. The molecule has 0 radical (unpaired) electrons. The molecule has 1 N–H and O–H groups in total. The highest BCUT2D eigenvalue weighted by Crippen LogP contribution is 2.30. The van der Waals surface area contributed by atoms with E-state index in [-0.39, 0.29) is 5.75 Å². The molecule has 0 aliphatic heterocycles. The van der Waals surface area contributed by atoms with Crippen LogP contribution in [0.25, 0.3) is 36.5 Å². The summed E-state index contributed by atoms with van der Waals surface area (Å²) in [6, 6.07) is 34.2. The first-order valence-electron chi connectivity index (χ1n) is 23.3. The van der Waals surface area contributed by atoms with Crippen molar-refractivity contribution in [3.63, 3.8) is 0 Å². The Labute approximate surface area is 355 Å². The lowest BCUT2D eigenvalue weighted by atomic mass is 9.96. The number of unbranched alkanes of at least 4 members (excludes halogenated alkanes) is 20. The van der Waals surface area contributed by atoms with Gasteiger partial charge >= 0.3 is 0 Å². The average molecular weight is 783 g/mol. The van der Waals surface area contributed by atoms with Gasteiger partial charge < -0.3 is 9.84 Å². The molecule has 0 aromatic heterocycles. The fraction of sp³-hybridized carbons (Fsp3) is 0.464. The molecule has 0 saturated carbocycles. The van der Waals surface area contributed by atoms with Crippen molar-refractivity contribution in [3.8, 4) is 5.75 Å². The predicted octanol–water partition coefficient (Wildman–Crippen LogP) is 17.5. The van der Waals surface area contributed by atoms with Crippen LogP contribution in [0.15, 0.2) is 103 Å². The minimum atomic E-state index is 0.261. The Hall–Kier alpha value is -4.14. The summed E-state index contributed by atoms with van der Waals surface area (Å²) in [5.74, 6) is 0.261. The first kappa shape index (κ1) is 48.2. The van der Waals surface area contributed by atoms with Gasteiger partial charge in [0.15, 0.2) is 0 Å². The van der Waals surface area contributed by atoms with E-state index >= 15 is 0 Å². The van der Waals surface area contributed by atoms with Crippen molar-refractivity contribution in [2.45, 2.75) is 155 Å². The fourth-order valence-corrected chi connectivity index (χ4v) is 7.22. The maximum Gasteiger partial charge on any atom is 0.123 e. The highest BCUT2D eigenvalue weighted by atomic mass is 16.5. The van der Waals surface area contributed by atoms with Gasteiger partial charge in [-0.25, -0.2) is 0 Å². The van der Waals surface area contributed by atoms with Crippen LogP contribution in [-0.2, 0) is 4.74 Å². The Morgan fingerprint density at radius 3 is 1.05 bits per heavy atom. The van der Waals surface area contributed by atoms with Crippen molar-refractivity contribution in [2.75, 3.05) is 13.2 Å². The summed E-state index contributed by atoms with van der Waals surface area (Å²) >= 11 is 0. The molecule has 0 unspecified atom stereocenters. The van der Waals surface area contributed by atoms with Gasteiger partial charge in [-0.15, -0.1) is 0 Å². The zero-order valence-corrected chi connectivity index (χ0v) is 36.6. The summed E-state index contributed by atoms with van der Waals surface area (Å²) in [6.45, 7) is 6.58. The van der Waals surface area contributed by atoms with Crippen LogP contribution >= 0.6 is 0 Å². The molecular formula is C56H78O2. The highest BCUT2D eigenvalue weighted by Gasteiger charge is 2.08. The molecule has 58 heavy (non-hydrogen) atoms. The largest absolute Gasteiger partial charge is 0.507 e. The summed E-state index contributed by atoms with van der Waals surface area (Å²) in [5, 5.41) is 10.7. The third-order valence-corrected chi connectivity index (χ3v) is 10.8. The van der Waals surface area contributed by atoms with E-state index in [0.29, 0.717) is 0 Å². The predicted molar refractivity (Wildman–Crippen MR) is 258 cm³/mol. The SMILES string of the molecule is CCCCCCCCCCCCCOCCCCCCCCCCCCC.Oc1ccc(C=Cc2ccccc2)c(C=Cc2ccccc2)c1C=Cc1ccccc1. The van der Waals surface area contributed by atoms with Crippen LogP contribution < -0.4 is 0 Å². The molecule has 0 saturated heterocycles. The van der Waals surface area contributed by atoms with Gasteiger partial charge in [-0.1, -0.05) is 276 Å². The molecule has 0 atom stereocenters. The summed E-state index contributed by atoms with van der Waals surface area (Å²) < 4.78 is 5.80. The van der Waals surface area contributed by atoms with Crippen molar-refractivity contribution in [1.29, 1.82) is 0 Å². The number of benzene rings is 4. The van der Waals surface area contributed by atoms with Crippen LogP contribution in [0.4, 0.5) is 0 Å². The van der Waals surface area contributed by atoms with Gasteiger partial charge in [0.05, 0.1) is 0 Å². The van der Waals surface area contributed by atoms with Crippen LogP contribution in [0.1, 0.15) is 188 Å². The number of rotatable bonds is 30. The number of aromatic hydroxyl groups is 1. The van der Waals surface area contributed by atoms with E-state index in [4.69, 9.17) is 4.74 Å². The topological polar surface area (TPSA) is 29.5 Å². The van der Waals surface area contributed by atoms with Crippen LogP contribution in [0.5, 0.6) is 5.75 Å². The van der Waals surface area contributed by atoms with E-state index in [1.807, 2.05) is 84.9 Å². The lowest BCUT2D eigenvalue weighted by molar-refractivity contribution is 0.125. The first-order chi connectivity index (χ1) is 28.7. The van der Waals surface area contributed by atoms with Crippen LogP contribution in [-0.4, -0.2) is 18.3 Å². The molecule has 4 aromatic carbocycles. The molecule has 4 aromatic rings. The normalized spacial score (nSPS) is 11.5.